The second-order valence-corrected chi connectivity index (χ2v) is 10.5. The molecule has 0 aromatic carbocycles. The zero-order valence-electron chi connectivity index (χ0n) is 5.66. The molecule has 0 unspecified atom stereocenters. The Morgan fingerprint density at radius 3 is 2.44 bits per heavy atom. The van der Waals surface area contributed by atoms with Crippen LogP contribution in [0.3, 0.4) is 0 Å². The highest BCUT2D eigenvalue weighted by Gasteiger charge is 2.18. The molecule has 0 heterocycles. The third kappa shape index (κ3) is 8.54. The number of hydrogen-bond donors (Lipinski definition) is 0. The summed E-state index contributed by atoms with van der Waals surface area (Å²) in [5.74, 6) is 0. The molecular formula is C6H12Cl2Si. The summed E-state index contributed by atoms with van der Waals surface area (Å²) >= 11 is 11.7. The van der Waals surface area contributed by atoms with Crippen LogP contribution < -0.4 is 0 Å². The summed E-state index contributed by atoms with van der Waals surface area (Å²) in [6.45, 7) is 3.76. The van der Waals surface area contributed by atoms with Crippen molar-refractivity contribution in [3.63, 3.8) is 0 Å². The number of unbranched alkanes of at least 4 members (excludes halogenated alkanes) is 1. The van der Waals surface area contributed by atoms with Gasteiger partial charge in [0.15, 0.2) is 0 Å². The number of allylic oxidation sites excluding steroid dienone is 1. The molecule has 0 aliphatic rings. The lowest BCUT2D eigenvalue weighted by Crippen LogP contribution is -2.11. The van der Waals surface area contributed by atoms with E-state index in [1.165, 1.54) is 0 Å². The minimum atomic E-state index is -1.80. The molecule has 0 atom stereocenters. The SMILES string of the molecule is C=CCCC[Si](C)(Cl)Cl. The molecule has 0 radical (unpaired) electrons. The molecule has 3 heteroatoms. The maximum absolute atomic E-state index is 5.84. The van der Waals surface area contributed by atoms with Crippen LogP contribution in [0.15, 0.2) is 12.7 Å². The van der Waals surface area contributed by atoms with E-state index in [9.17, 15) is 0 Å². The van der Waals surface area contributed by atoms with E-state index in [2.05, 4.69) is 6.58 Å². The van der Waals surface area contributed by atoms with Gasteiger partial charge in [-0.1, -0.05) is 12.5 Å². The van der Waals surface area contributed by atoms with Crippen LogP contribution in [0.4, 0.5) is 0 Å². The number of halogens is 2. The zero-order chi connectivity index (χ0) is 7.33. The second kappa shape index (κ2) is 4.37. The Kier molecular flexibility index (Phi) is 4.63. The fourth-order valence-electron chi connectivity index (χ4n) is 0.557. The molecule has 0 aromatic heterocycles. The molecule has 0 fully saturated rings. The molecule has 9 heavy (non-hydrogen) atoms. The molecule has 0 amide bonds. The van der Waals surface area contributed by atoms with Gasteiger partial charge in [0.05, 0.1) is 0 Å². The highest BCUT2D eigenvalue weighted by molar-refractivity contribution is 7.44. The lowest BCUT2D eigenvalue weighted by atomic mass is 10.3. The minimum absolute atomic E-state index is 0.974. The Balaban J connectivity index is 3.17. The van der Waals surface area contributed by atoms with Gasteiger partial charge in [0.1, 0.15) is 0 Å². The number of rotatable bonds is 4. The highest BCUT2D eigenvalue weighted by atomic mass is 35.7. The fraction of sp³-hybridized carbons (Fsp3) is 0.667. The van der Waals surface area contributed by atoms with Crippen LogP contribution in [0.1, 0.15) is 12.8 Å². The van der Waals surface area contributed by atoms with Crippen molar-refractivity contribution in [2.24, 2.45) is 0 Å². The largest absolute Gasteiger partial charge is 0.248 e. The van der Waals surface area contributed by atoms with E-state index in [1.807, 2.05) is 12.6 Å². The molecule has 54 valence electrons. The van der Waals surface area contributed by atoms with Gasteiger partial charge in [0, 0.05) is 0 Å². The Hall–Kier alpha value is 0.537. The average Bonchev–Trinajstić information content (AvgIpc) is 1.63. The van der Waals surface area contributed by atoms with Crippen LogP contribution in [-0.2, 0) is 0 Å². The van der Waals surface area contributed by atoms with E-state index >= 15 is 0 Å². The van der Waals surface area contributed by atoms with Gasteiger partial charge >= 0.3 is 0 Å². The van der Waals surface area contributed by atoms with Crippen molar-refractivity contribution in [1.82, 2.24) is 0 Å². The van der Waals surface area contributed by atoms with Crippen molar-refractivity contribution in [3.05, 3.63) is 12.7 Å². The first kappa shape index (κ1) is 9.54. The maximum Gasteiger partial charge on any atom is 0.248 e. The van der Waals surface area contributed by atoms with Crippen LogP contribution in [0.25, 0.3) is 0 Å². The summed E-state index contributed by atoms with van der Waals surface area (Å²) in [5, 5.41) is 0. The monoisotopic (exact) mass is 182 g/mol. The molecule has 0 rings (SSSR count). The smallest absolute Gasteiger partial charge is 0.146 e. The third-order valence-electron chi connectivity index (χ3n) is 1.02. The molecule has 0 aliphatic carbocycles. The van der Waals surface area contributed by atoms with Crippen molar-refractivity contribution >= 4 is 28.9 Å². The average molecular weight is 183 g/mol. The molecule has 0 N–H and O–H groups in total. The van der Waals surface area contributed by atoms with Crippen LogP contribution in [0.5, 0.6) is 0 Å². The Morgan fingerprint density at radius 2 is 2.11 bits per heavy atom. The van der Waals surface area contributed by atoms with Crippen LogP contribution in [-0.4, -0.2) is 6.69 Å². The lowest BCUT2D eigenvalue weighted by molar-refractivity contribution is 0.948. The van der Waals surface area contributed by atoms with Crippen LogP contribution >= 0.6 is 22.2 Å². The highest BCUT2D eigenvalue weighted by Crippen LogP contribution is 2.22. The van der Waals surface area contributed by atoms with Crippen LogP contribution in [0.2, 0.25) is 12.6 Å². The van der Waals surface area contributed by atoms with Gasteiger partial charge < -0.3 is 0 Å². The van der Waals surface area contributed by atoms with E-state index < -0.39 is 6.69 Å². The van der Waals surface area contributed by atoms with Gasteiger partial charge in [-0.2, -0.15) is 0 Å². The van der Waals surface area contributed by atoms with E-state index in [0.29, 0.717) is 0 Å². The fourth-order valence-corrected chi connectivity index (χ4v) is 2.18. The third-order valence-corrected chi connectivity index (χ3v) is 3.39. The quantitative estimate of drug-likeness (QED) is 0.271. The molecule has 0 saturated heterocycles. The van der Waals surface area contributed by atoms with Gasteiger partial charge in [-0.3, -0.25) is 0 Å². The first-order chi connectivity index (χ1) is 4.06. The standard InChI is InChI=1S/C6H12Cl2Si/c1-3-4-5-6-9(2,7)8/h3H,1,4-6H2,2H3. The molecular weight excluding hydrogens is 171 g/mol. The maximum atomic E-state index is 5.84. The second-order valence-electron chi connectivity index (χ2n) is 2.25. The zero-order valence-corrected chi connectivity index (χ0v) is 8.17. The first-order valence-electron chi connectivity index (χ1n) is 3.05. The molecule has 0 aliphatic heterocycles. The summed E-state index contributed by atoms with van der Waals surface area (Å²) in [7, 11) is 0. The van der Waals surface area contributed by atoms with Crippen molar-refractivity contribution < 1.29 is 0 Å². The van der Waals surface area contributed by atoms with Gasteiger partial charge in [-0.15, -0.1) is 28.7 Å². The summed E-state index contributed by atoms with van der Waals surface area (Å²) in [6, 6.07) is 0.974. The van der Waals surface area contributed by atoms with E-state index in [-0.39, 0.29) is 0 Å². The summed E-state index contributed by atoms with van der Waals surface area (Å²) in [4.78, 5) is 0. The van der Waals surface area contributed by atoms with Crippen molar-refractivity contribution in [1.29, 1.82) is 0 Å². The number of hydrogen-bond acceptors (Lipinski definition) is 0. The molecule has 0 saturated carbocycles. The molecule has 0 aromatic rings. The first-order valence-corrected chi connectivity index (χ1v) is 7.78. The lowest BCUT2D eigenvalue weighted by Gasteiger charge is -2.07. The predicted molar refractivity (Wildman–Crippen MR) is 47.6 cm³/mol. The van der Waals surface area contributed by atoms with Gasteiger partial charge in [0.2, 0.25) is 6.69 Å². The van der Waals surface area contributed by atoms with E-state index in [4.69, 9.17) is 22.2 Å². The van der Waals surface area contributed by atoms with Crippen molar-refractivity contribution in [2.75, 3.05) is 0 Å². The van der Waals surface area contributed by atoms with Gasteiger partial charge in [-0.05, 0) is 19.0 Å². The molecule has 0 spiro atoms. The summed E-state index contributed by atoms with van der Waals surface area (Å²) < 4.78 is 0. The van der Waals surface area contributed by atoms with Gasteiger partial charge in [0.25, 0.3) is 0 Å². The topological polar surface area (TPSA) is 0 Å². The molecule has 0 bridgehead atoms. The summed E-state index contributed by atoms with van der Waals surface area (Å²) in [5.41, 5.74) is 0. The summed E-state index contributed by atoms with van der Waals surface area (Å²) in [6.07, 6.45) is 4.01. The Labute approximate surface area is 67.3 Å². The normalized spacial score (nSPS) is 11.4. The van der Waals surface area contributed by atoms with E-state index in [0.717, 1.165) is 18.9 Å². The molecule has 0 nitrogen and oxygen atoms in total. The predicted octanol–water partition coefficient (Wildman–Crippen LogP) is 3.50. The van der Waals surface area contributed by atoms with Crippen molar-refractivity contribution in [3.8, 4) is 0 Å². The van der Waals surface area contributed by atoms with Crippen LogP contribution in [0, 0.1) is 0 Å². The Morgan fingerprint density at radius 1 is 1.56 bits per heavy atom. The Bertz CT molecular complexity index is 85.5. The van der Waals surface area contributed by atoms with Gasteiger partial charge in [-0.25, -0.2) is 0 Å². The van der Waals surface area contributed by atoms with Crippen molar-refractivity contribution in [2.45, 2.75) is 25.4 Å². The minimum Gasteiger partial charge on any atom is -0.146 e. The van der Waals surface area contributed by atoms with E-state index in [1.54, 1.807) is 0 Å².